The first kappa shape index (κ1) is 11.2. The Kier molecular flexibility index (Phi) is 2.93. The predicted molar refractivity (Wildman–Crippen MR) is 69.1 cm³/mol. The third-order valence-electron chi connectivity index (χ3n) is 4.32. The van der Waals surface area contributed by atoms with Gasteiger partial charge < -0.3 is 10.1 Å². The molecule has 0 radical (unpaired) electrons. The molecule has 2 fully saturated rings. The quantitative estimate of drug-likeness (QED) is 0.802. The minimum atomic E-state index is 0.238. The average molecular weight is 231 g/mol. The van der Waals surface area contributed by atoms with E-state index in [2.05, 4.69) is 36.5 Å². The molecule has 2 aliphatic rings. The van der Waals surface area contributed by atoms with Gasteiger partial charge in [-0.05, 0) is 30.9 Å². The van der Waals surface area contributed by atoms with Crippen LogP contribution in [0.25, 0.3) is 0 Å². The summed E-state index contributed by atoms with van der Waals surface area (Å²) < 4.78 is 6.12. The van der Waals surface area contributed by atoms with Crippen molar-refractivity contribution in [2.75, 3.05) is 13.2 Å². The summed E-state index contributed by atoms with van der Waals surface area (Å²) in [4.78, 5) is 0. The lowest BCUT2D eigenvalue weighted by molar-refractivity contribution is -0.0328. The highest BCUT2D eigenvalue weighted by Gasteiger charge is 2.38. The second kappa shape index (κ2) is 4.43. The van der Waals surface area contributed by atoms with Crippen LogP contribution >= 0.6 is 0 Å². The standard InChI is InChI=1S/C15H21NO/c1-12-6-2-3-7-13(12)14-10-16-15(11-17-14)8-4-5-9-15/h2-3,6-7,14,16H,4-5,8-11H2,1H3. The zero-order chi connectivity index (χ0) is 11.7. The lowest BCUT2D eigenvalue weighted by Gasteiger charge is -2.39. The van der Waals surface area contributed by atoms with E-state index in [4.69, 9.17) is 4.74 Å². The summed E-state index contributed by atoms with van der Waals surface area (Å²) in [5.41, 5.74) is 2.98. The molecule has 1 aliphatic heterocycles. The Hall–Kier alpha value is -0.860. The molecule has 1 aromatic rings. The molecule has 1 aromatic carbocycles. The van der Waals surface area contributed by atoms with Gasteiger partial charge in [0, 0.05) is 12.1 Å². The van der Waals surface area contributed by atoms with Crippen LogP contribution < -0.4 is 5.32 Å². The van der Waals surface area contributed by atoms with E-state index < -0.39 is 0 Å². The van der Waals surface area contributed by atoms with Gasteiger partial charge in [-0.15, -0.1) is 0 Å². The molecule has 1 heterocycles. The molecular weight excluding hydrogens is 210 g/mol. The highest BCUT2D eigenvalue weighted by Crippen LogP contribution is 2.35. The van der Waals surface area contributed by atoms with Crippen molar-refractivity contribution >= 4 is 0 Å². The monoisotopic (exact) mass is 231 g/mol. The van der Waals surface area contributed by atoms with Gasteiger partial charge in [0.05, 0.1) is 12.7 Å². The van der Waals surface area contributed by atoms with Crippen LogP contribution in [-0.4, -0.2) is 18.7 Å². The average Bonchev–Trinajstić information content (AvgIpc) is 2.80. The van der Waals surface area contributed by atoms with Crippen molar-refractivity contribution in [3.63, 3.8) is 0 Å². The summed E-state index contributed by atoms with van der Waals surface area (Å²) >= 11 is 0. The third-order valence-corrected chi connectivity index (χ3v) is 4.32. The van der Waals surface area contributed by atoms with Crippen molar-refractivity contribution in [2.24, 2.45) is 0 Å². The van der Waals surface area contributed by atoms with Gasteiger partial charge in [0.1, 0.15) is 0 Å². The van der Waals surface area contributed by atoms with Gasteiger partial charge in [-0.25, -0.2) is 0 Å². The minimum absolute atomic E-state index is 0.238. The highest BCUT2D eigenvalue weighted by molar-refractivity contribution is 5.28. The van der Waals surface area contributed by atoms with Gasteiger partial charge in [-0.2, -0.15) is 0 Å². The van der Waals surface area contributed by atoms with E-state index >= 15 is 0 Å². The van der Waals surface area contributed by atoms with Gasteiger partial charge in [-0.3, -0.25) is 0 Å². The molecule has 0 amide bonds. The van der Waals surface area contributed by atoms with Gasteiger partial charge in [0.15, 0.2) is 0 Å². The first-order chi connectivity index (χ1) is 8.29. The molecule has 1 spiro atoms. The Morgan fingerprint density at radius 3 is 2.65 bits per heavy atom. The van der Waals surface area contributed by atoms with Crippen molar-refractivity contribution < 1.29 is 4.74 Å². The number of aryl methyl sites for hydroxylation is 1. The van der Waals surface area contributed by atoms with Crippen molar-refractivity contribution in [1.29, 1.82) is 0 Å². The summed E-state index contributed by atoms with van der Waals surface area (Å²) in [6, 6.07) is 8.55. The fraction of sp³-hybridized carbons (Fsp3) is 0.600. The molecule has 0 bridgehead atoms. The molecule has 1 saturated carbocycles. The topological polar surface area (TPSA) is 21.3 Å². The maximum absolute atomic E-state index is 6.12. The third kappa shape index (κ3) is 2.12. The summed E-state index contributed by atoms with van der Waals surface area (Å²) in [6.45, 7) is 4.01. The van der Waals surface area contributed by atoms with E-state index in [9.17, 15) is 0 Å². The largest absolute Gasteiger partial charge is 0.370 e. The zero-order valence-corrected chi connectivity index (χ0v) is 10.5. The Labute approximate surface area is 103 Å². The normalized spacial score (nSPS) is 27.5. The Bertz CT molecular complexity index is 386. The van der Waals surface area contributed by atoms with Gasteiger partial charge in [0.25, 0.3) is 0 Å². The molecule has 1 unspecified atom stereocenters. The van der Waals surface area contributed by atoms with Crippen molar-refractivity contribution in [1.82, 2.24) is 5.32 Å². The maximum Gasteiger partial charge on any atom is 0.0952 e. The summed E-state index contributed by atoms with van der Waals surface area (Å²) in [5.74, 6) is 0. The van der Waals surface area contributed by atoms with Crippen LogP contribution in [0, 0.1) is 6.92 Å². The Morgan fingerprint density at radius 1 is 1.24 bits per heavy atom. The molecule has 2 heteroatoms. The fourth-order valence-electron chi connectivity index (χ4n) is 3.20. The highest BCUT2D eigenvalue weighted by atomic mass is 16.5. The van der Waals surface area contributed by atoms with Gasteiger partial charge in [0.2, 0.25) is 0 Å². The smallest absolute Gasteiger partial charge is 0.0952 e. The van der Waals surface area contributed by atoms with Crippen LogP contribution in [0.3, 0.4) is 0 Å². The van der Waals surface area contributed by atoms with Gasteiger partial charge >= 0.3 is 0 Å². The van der Waals surface area contributed by atoms with E-state index in [0.29, 0.717) is 5.54 Å². The Morgan fingerprint density at radius 2 is 2.00 bits per heavy atom. The van der Waals surface area contributed by atoms with Crippen LogP contribution in [0.2, 0.25) is 0 Å². The fourth-order valence-corrected chi connectivity index (χ4v) is 3.20. The van der Waals surface area contributed by atoms with Crippen molar-refractivity contribution in [3.05, 3.63) is 35.4 Å². The van der Waals surface area contributed by atoms with Crippen LogP contribution in [0.1, 0.15) is 42.9 Å². The number of ether oxygens (including phenoxy) is 1. The number of hydrogen-bond donors (Lipinski definition) is 1. The molecule has 3 rings (SSSR count). The number of benzene rings is 1. The van der Waals surface area contributed by atoms with Crippen LogP contribution in [-0.2, 0) is 4.74 Å². The molecule has 92 valence electrons. The molecule has 1 aliphatic carbocycles. The summed E-state index contributed by atoms with van der Waals surface area (Å²) in [5, 5.41) is 3.75. The first-order valence-electron chi connectivity index (χ1n) is 6.71. The van der Waals surface area contributed by atoms with Crippen LogP contribution in [0.4, 0.5) is 0 Å². The molecule has 0 aromatic heterocycles. The van der Waals surface area contributed by atoms with Crippen molar-refractivity contribution in [3.8, 4) is 0 Å². The summed E-state index contributed by atoms with van der Waals surface area (Å²) in [6.07, 6.45) is 5.51. The number of hydrogen-bond acceptors (Lipinski definition) is 2. The zero-order valence-electron chi connectivity index (χ0n) is 10.5. The Balaban J connectivity index is 1.71. The van der Waals surface area contributed by atoms with Crippen LogP contribution in [0.5, 0.6) is 0 Å². The molecule has 2 nitrogen and oxygen atoms in total. The van der Waals surface area contributed by atoms with E-state index in [0.717, 1.165) is 13.2 Å². The van der Waals surface area contributed by atoms with Crippen LogP contribution in [0.15, 0.2) is 24.3 Å². The maximum atomic E-state index is 6.12. The second-order valence-corrected chi connectivity index (χ2v) is 5.52. The number of morpholine rings is 1. The molecule has 1 atom stereocenters. The van der Waals surface area contributed by atoms with E-state index in [1.807, 2.05) is 0 Å². The first-order valence-corrected chi connectivity index (χ1v) is 6.71. The molecule has 1 N–H and O–H groups in total. The number of rotatable bonds is 1. The lowest BCUT2D eigenvalue weighted by Crippen LogP contribution is -2.53. The predicted octanol–water partition coefficient (Wildman–Crippen LogP) is 2.97. The van der Waals surface area contributed by atoms with E-state index in [1.165, 1.54) is 36.8 Å². The second-order valence-electron chi connectivity index (χ2n) is 5.52. The SMILES string of the molecule is Cc1ccccc1C1CNC2(CCCC2)CO1. The number of nitrogens with one attached hydrogen (secondary N) is 1. The molecular formula is C15H21NO. The van der Waals surface area contributed by atoms with E-state index in [1.54, 1.807) is 0 Å². The summed E-state index contributed by atoms with van der Waals surface area (Å²) in [7, 11) is 0. The van der Waals surface area contributed by atoms with Gasteiger partial charge in [-0.1, -0.05) is 37.1 Å². The van der Waals surface area contributed by atoms with Crippen molar-refractivity contribution in [2.45, 2.75) is 44.2 Å². The minimum Gasteiger partial charge on any atom is -0.370 e. The lowest BCUT2D eigenvalue weighted by atomic mass is 9.94. The molecule has 1 saturated heterocycles. The molecule has 17 heavy (non-hydrogen) atoms. The van der Waals surface area contributed by atoms with E-state index in [-0.39, 0.29) is 6.10 Å².